The predicted octanol–water partition coefficient (Wildman–Crippen LogP) is 0.146. The Kier molecular flexibility index (Phi) is 6.36. The first-order valence-electron chi connectivity index (χ1n) is 5.47. The Balaban J connectivity index is 2.32. The first kappa shape index (κ1) is 13.4. The van der Waals surface area contributed by atoms with Crippen LogP contribution in [0.3, 0.4) is 0 Å². The van der Waals surface area contributed by atoms with Crippen molar-refractivity contribution in [2.24, 2.45) is 0 Å². The normalized spacial score (nSPS) is 11.2. The van der Waals surface area contributed by atoms with E-state index in [0.717, 1.165) is 30.4 Å². The van der Waals surface area contributed by atoms with Crippen LogP contribution in [0.25, 0.3) is 0 Å². The van der Waals surface area contributed by atoms with Gasteiger partial charge in [0.2, 0.25) is 5.16 Å². The molecule has 0 unspecified atom stereocenters. The summed E-state index contributed by atoms with van der Waals surface area (Å²) in [6.07, 6.45) is 0.766. The minimum atomic E-state index is 0.212. The number of aromatic nitrogens is 4. The molecule has 2 N–H and O–H groups in total. The summed E-state index contributed by atoms with van der Waals surface area (Å²) in [5.74, 6) is 0.842. The van der Waals surface area contributed by atoms with Crippen LogP contribution >= 0.6 is 11.8 Å². The molecule has 0 aliphatic carbocycles. The van der Waals surface area contributed by atoms with Crippen molar-refractivity contribution in [3.05, 3.63) is 0 Å². The maximum Gasteiger partial charge on any atom is 0.209 e. The van der Waals surface area contributed by atoms with Crippen molar-refractivity contribution < 1.29 is 5.11 Å². The van der Waals surface area contributed by atoms with Gasteiger partial charge in [0.1, 0.15) is 0 Å². The Bertz CT molecular complexity index is 291. The molecule has 0 aliphatic heterocycles. The summed E-state index contributed by atoms with van der Waals surface area (Å²) in [6, 6.07) is 0.474. The van der Waals surface area contributed by atoms with Crippen LogP contribution in [0.2, 0.25) is 0 Å². The molecule has 0 bridgehead atoms. The van der Waals surface area contributed by atoms with Crippen molar-refractivity contribution in [2.75, 3.05) is 18.9 Å². The van der Waals surface area contributed by atoms with Crippen LogP contribution in [0.4, 0.5) is 0 Å². The van der Waals surface area contributed by atoms with E-state index in [2.05, 4.69) is 34.7 Å². The van der Waals surface area contributed by atoms with Crippen LogP contribution in [0.1, 0.15) is 20.3 Å². The van der Waals surface area contributed by atoms with Crippen LogP contribution in [0, 0.1) is 0 Å². The fourth-order valence-electron chi connectivity index (χ4n) is 1.13. The topological polar surface area (TPSA) is 75.9 Å². The Morgan fingerprint density at radius 2 is 2.31 bits per heavy atom. The fourth-order valence-corrected chi connectivity index (χ4v) is 1.95. The molecule has 92 valence electrons. The standard InChI is InChI=1S/C9H19N5OS/c1-8(2)10-4-5-14-9(11-12-13-14)16-7-3-6-15/h8,10,15H,3-7H2,1-2H3. The third kappa shape index (κ3) is 4.91. The van der Waals surface area contributed by atoms with Crippen molar-refractivity contribution in [3.63, 3.8) is 0 Å². The number of hydrogen-bond acceptors (Lipinski definition) is 6. The molecule has 0 aliphatic rings. The first-order chi connectivity index (χ1) is 7.74. The Morgan fingerprint density at radius 3 is 3.00 bits per heavy atom. The van der Waals surface area contributed by atoms with Gasteiger partial charge in [-0.2, -0.15) is 0 Å². The molecule has 16 heavy (non-hydrogen) atoms. The number of rotatable bonds is 8. The van der Waals surface area contributed by atoms with E-state index < -0.39 is 0 Å². The minimum absolute atomic E-state index is 0.212. The summed E-state index contributed by atoms with van der Waals surface area (Å²) in [7, 11) is 0. The first-order valence-corrected chi connectivity index (χ1v) is 6.45. The van der Waals surface area contributed by atoms with Gasteiger partial charge < -0.3 is 10.4 Å². The van der Waals surface area contributed by atoms with Gasteiger partial charge in [0.15, 0.2) is 0 Å². The van der Waals surface area contributed by atoms with Crippen molar-refractivity contribution >= 4 is 11.8 Å². The van der Waals surface area contributed by atoms with Gasteiger partial charge in [-0.3, -0.25) is 0 Å². The molecule has 0 saturated heterocycles. The maximum absolute atomic E-state index is 8.68. The average molecular weight is 245 g/mol. The molecule has 1 rings (SSSR count). The molecular formula is C9H19N5OS. The lowest BCUT2D eigenvalue weighted by atomic mass is 10.4. The van der Waals surface area contributed by atoms with Gasteiger partial charge in [-0.25, -0.2) is 4.68 Å². The number of nitrogens with zero attached hydrogens (tertiary/aromatic N) is 4. The molecule has 0 aromatic carbocycles. The molecule has 0 atom stereocenters. The van der Waals surface area contributed by atoms with E-state index in [9.17, 15) is 0 Å². The quantitative estimate of drug-likeness (QED) is 0.501. The third-order valence-corrected chi connectivity index (χ3v) is 2.95. The van der Waals surface area contributed by atoms with Gasteiger partial charge in [0.05, 0.1) is 6.54 Å². The highest BCUT2D eigenvalue weighted by molar-refractivity contribution is 7.99. The fraction of sp³-hybridized carbons (Fsp3) is 0.889. The van der Waals surface area contributed by atoms with Gasteiger partial charge in [0, 0.05) is 24.9 Å². The second kappa shape index (κ2) is 7.59. The summed E-state index contributed by atoms with van der Waals surface area (Å²) in [5.41, 5.74) is 0. The number of thioether (sulfide) groups is 1. The lowest BCUT2D eigenvalue weighted by Gasteiger charge is -2.08. The molecule has 1 heterocycles. The molecule has 1 aromatic rings. The van der Waals surface area contributed by atoms with Gasteiger partial charge in [-0.15, -0.1) is 5.10 Å². The summed E-state index contributed by atoms with van der Waals surface area (Å²) in [5, 5.41) is 24.3. The van der Waals surface area contributed by atoms with Crippen molar-refractivity contribution in [1.29, 1.82) is 0 Å². The Morgan fingerprint density at radius 1 is 1.50 bits per heavy atom. The van der Waals surface area contributed by atoms with Crippen LogP contribution < -0.4 is 5.32 Å². The molecule has 0 saturated carbocycles. The van der Waals surface area contributed by atoms with E-state index in [1.807, 2.05) is 0 Å². The number of aliphatic hydroxyl groups excluding tert-OH is 1. The van der Waals surface area contributed by atoms with E-state index >= 15 is 0 Å². The molecule has 0 amide bonds. The maximum atomic E-state index is 8.68. The molecule has 1 aromatic heterocycles. The van der Waals surface area contributed by atoms with Crippen LogP contribution in [0.15, 0.2) is 5.16 Å². The molecule has 7 heteroatoms. The monoisotopic (exact) mass is 245 g/mol. The molecule has 0 spiro atoms. The third-order valence-electron chi connectivity index (χ3n) is 1.91. The zero-order valence-electron chi connectivity index (χ0n) is 9.76. The minimum Gasteiger partial charge on any atom is -0.396 e. The number of aliphatic hydroxyl groups is 1. The van der Waals surface area contributed by atoms with Gasteiger partial charge in [0.25, 0.3) is 0 Å². The van der Waals surface area contributed by atoms with Crippen molar-refractivity contribution in [2.45, 2.75) is 38.0 Å². The summed E-state index contributed by atoms with van der Waals surface area (Å²) >= 11 is 1.58. The Labute approximate surface area is 99.8 Å². The van der Waals surface area contributed by atoms with Crippen molar-refractivity contribution in [3.8, 4) is 0 Å². The van der Waals surface area contributed by atoms with Crippen LogP contribution in [-0.2, 0) is 6.54 Å². The number of tetrazole rings is 1. The zero-order chi connectivity index (χ0) is 11.8. The number of nitrogens with one attached hydrogen (secondary N) is 1. The van der Waals surface area contributed by atoms with Crippen molar-refractivity contribution in [1.82, 2.24) is 25.5 Å². The molecule has 0 fully saturated rings. The van der Waals surface area contributed by atoms with E-state index in [1.165, 1.54) is 0 Å². The van der Waals surface area contributed by atoms with E-state index in [0.29, 0.717) is 6.04 Å². The molecule has 0 radical (unpaired) electrons. The Hall–Kier alpha value is -0.660. The van der Waals surface area contributed by atoms with E-state index in [-0.39, 0.29) is 6.61 Å². The van der Waals surface area contributed by atoms with Crippen LogP contribution in [-0.4, -0.2) is 50.3 Å². The highest BCUT2D eigenvalue weighted by atomic mass is 32.2. The van der Waals surface area contributed by atoms with E-state index in [4.69, 9.17) is 5.11 Å². The molecule has 6 nitrogen and oxygen atoms in total. The predicted molar refractivity (Wildman–Crippen MR) is 63.4 cm³/mol. The van der Waals surface area contributed by atoms with E-state index in [1.54, 1.807) is 16.4 Å². The van der Waals surface area contributed by atoms with Gasteiger partial charge in [-0.05, 0) is 16.8 Å². The second-order valence-corrected chi connectivity index (χ2v) is 4.78. The lowest BCUT2D eigenvalue weighted by Crippen LogP contribution is -2.27. The van der Waals surface area contributed by atoms with Crippen LogP contribution in [0.5, 0.6) is 0 Å². The SMILES string of the molecule is CC(C)NCCn1nnnc1SCCCO. The summed E-state index contributed by atoms with van der Waals surface area (Å²) < 4.78 is 1.79. The smallest absolute Gasteiger partial charge is 0.209 e. The van der Waals surface area contributed by atoms with Gasteiger partial charge >= 0.3 is 0 Å². The summed E-state index contributed by atoms with van der Waals surface area (Å²) in [4.78, 5) is 0. The highest BCUT2D eigenvalue weighted by Gasteiger charge is 2.05. The number of hydrogen-bond donors (Lipinski definition) is 2. The summed E-state index contributed by atoms with van der Waals surface area (Å²) in [6.45, 7) is 6.05. The molecular weight excluding hydrogens is 226 g/mol. The second-order valence-electron chi connectivity index (χ2n) is 3.72. The average Bonchev–Trinajstić information content (AvgIpc) is 2.66. The highest BCUT2D eigenvalue weighted by Crippen LogP contribution is 2.13. The largest absolute Gasteiger partial charge is 0.396 e. The van der Waals surface area contributed by atoms with Gasteiger partial charge in [-0.1, -0.05) is 25.6 Å². The zero-order valence-corrected chi connectivity index (χ0v) is 10.6. The lowest BCUT2D eigenvalue weighted by molar-refractivity contribution is 0.296.